The highest BCUT2D eigenvalue weighted by Gasteiger charge is 2.33. The molecule has 0 spiro atoms. The zero-order valence-corrected chi connectivity index (χ0v) is 30.7. The van der Waals surface area contributed by atoms with Crippen LogP contribution in [0.4, 0.5) is 11.4 Å². The van der Waals surface area contributed by atoms with Crippen molar-refractivity contribution in [1.82, 2.24) is 10.2 Å². The number of nitrogens with two attached hydrogens (primary N) is 1. The van der Waals surface area contributed by atoms with E-state index in [-0.39, 0.29) is 30.6 Å². The summed E-state index contributed by atoms with van der Waals surface area (Å²) >= 11 is 0. The number of unbranched alkanes of at least 4 members (excludes halogenated alkanes) is 1. The van der Waals surface area contributed by atoms with Crippen molar-refractivity contribution >= 4 is 23.2 Å². The van der Waals surface area contributed by atoms with Crippen LogP contribution in [-0.2, 0) is 32.2 Å². The Morgan fingerprint density at radius 1 is 0.736 bits per heavy atom. The molecule has 0 saturated carbocycles. The van der Waals surface area contributed by atoms with Crippen molar-refractivity contribution in [2.75, 3.05) is 30.7 Å². The summed E-state index contributed by atoms with van der Waals surface area (Å²) in [6.07, 6.45) is 8.46. The molecule has 2 aliphatic rings. The van der Waals surface area contributed by atoms with Gasteiger partial charge in [0.1, 0.15) is 0 Å². The molecule has 4 aromatic rings. The summed E-state index contributed by atoms with van der Waals surface area (Å²) in [5, 5.41) is 15.5. The molecule has 0 bridgehead atoms. The molecule has 6 rings (SSSR count). The van der Waals surface area contributed by atoms with E-state index in [0.29, 0.717) is 43.6 Å². The molecule has 5 N–H and O–H groups in total. The van der Waals surface area contributed by atoms with Gasteiger partial charge in [0.2, 0.25) is 11.8 Å². The van der Waals surface area contributed by atoms with Crippen molar-refractivity contribution in [1.29, 1.82) is 0 Å². The predicted molar refractivity (Wildman–Crippen MR) is 210 cm³/mol. The Bertz CT molecular complexity index is 1770. The van der Waals surface area contributed by atoms with Crippen molar-refractivity contribution in [2.45, 2.75) is 95.9 Å². The number of para-hydroxylation sites is 2. The van der Waals surface area contributed by atoms with Crippen LogP contribution in [-0.4, -0.2) is 47.6 Å². The lowest BCUT2D eigenvalue weighted by molar-refractivity contribution is -0.253. The molecular weight excluding hydrogens is 665 g/mol. The minimum Gasteiger partial charge on any atom is -0.397 e. The molecule has 2 heterocycles. The second kappa shape index (κ2) is 19.5. The van der Waals surface area contributed by atoms with Gasteiger partial charge in [0.25, 0.3) is 0 Å². The summed E-state index contributed by atoms with van der Waals surface area (Å²) in [4.78, 5) is 27.5. The van der Waals surface area contributed by atoms with Crippen molar-refractivity contribution < 1.29 is 24.2 Å². The van der Waals surface area contributed by atoms with Gasteiger partial charge in [-0.1, -0.05) is 92.1 Å². The number of nitrogens with zero attached hydrogens (tertiary/aromatic N) is 1. The van der Waals surface area contributed by atoms with Gasteiger partial charge in [0.15, 0.2) is 6.29 Å². The fourth-order valence-electron chi connectivity index (χ4n) is 7.23. The first-order valence-electron chi connectivity index (χ1n) is 19.3. The Hall–Kier alpha value is -4.54. The third kappa shape index (κ3) is 11.5. The number of hydrogen-bond acceptors (Lipinski definition) is 7. The van der Waals surface area contributed by atoms with Crippen molar-refractivity contribution in [3.63, 3.8) is 0 Å². The number of hydrogen-bond donors (Lipinski definition) is 4. The summed E-state index contributed by atoms with van der Waals surface area (Å²) in [7, 11) is 0. The smallest absolute Gasteiger partial charge is 0.224 e. The van der Waals surface area contributed by atoms with E-state index in [4.69, 9.17) is 15.2 Å². The number of likely N-dealkylation sites (tertiary alicyclic amines) is 1. The molecule has 0 unspecified atom stereocenters. The normalized spacial score (nSPS) is 19.5. The number of nitrogen functional groups attached to an aromatic ring is 1. The summed E-state index contributed by atoms with van der Waals surface area (Å²) < 4.78 is 13.4. The van der Waals surface area contributed by atoms with E-state index in [9.17, 15) is 14.7 Å². The molecule has 0 radical (unpaired) electrons. The SMILES string of the molecule is Nc1ccccc1NC(=O)CCCCC(=O)NCc1cccc(-c2cccc([C@@H]3O[C@H](CN4CCCCCCC4)C[C@H](c4ccc(CO)cc4)O3)c2)c1. The number of amides is 2. The zero-order valence-electron chi connectivity index (χ0n) is 30.7. The third-order valence-corrected chi connectivity index (χ3v) is 10.2. The second-order valence-corrected chi connectivity index (χ2v) is 14.4. The first-order chi connectivity index (χ1) is 25.9. The fourth-order valence-corrected chi connectivity index (χ4v) is 7.23. The highest BCUT2D eigenvalue weighted by Crippen LogP contribution is 2.39. The van der Waals surface area contributed by atoms with Crippen molar-refractivity contribution in [2.24, 2.45) is 0 Å². The highest BCUT2D eigenvalue weighted by atomic mass is 16.7. The van der Waals surface area contributed by atoms with Gasteiger partial charge in [0, 0.05) is 37.9 Å². The molecule has 0 aromatic heterocycles. The maximum Gasteiger partial charge on any atom is 0.224 e. The number of carbonyl (C=O) groups excluding carboxylic acids is 2. The highest BCUT2D eigenvalue weighted by molar-refractivity contribution is 5.93. The van der Waals surface area contributed by atoms with Gasteiger partial charge in [-0.2, -0.15) is 0 Å². The minimum atomic E-state index is -0.518. The largest absolute Gasteiger partial charge is 0.397 e. The average molecular weight is 719 g/mol. The van der Waals surface area contributed by atoms with Gasteiger partial charge in [-0.3, -0.25) is 9.59 Å². The van der Waals surface area contributed by atoms with Crippen LogP contribution in [0.3, 0.4) is 0 Å². The fraction of sp³-hybridized carbons (Fsp3) is 0.409. The standard InChI is InChI=1S/C44H54N4O5/c45-39-16-4-5-17-40(39)47-43(51)19-7-6-18-42(50)46-29-33-12-10-13-35(26-33)36-14-11-15-37(27-36)44-52-38(30-48-24-8-2-1-3-9-25-48)28-41(53-44)34-22-20-32(31-49)21-23-34/h4-5,10-17,20-23,26-27,38,41,44,49H,1-3,6-9,18-19,24-25,28-31,45H2,(H,46,50)(H,47,51)/t38-,41+,44+/m0/s1. The van der Waals surface area contributed by atoms with Crippen molar-refractivity contribution in [3.8, 4) is 11.1 Å². The third-order valence-electron chi connectivity index (χ3n) is 10.2. The number of anilines is 2. The molecule has 2 fully saturated rings. The van der Waals surface area contributed by atoms with E-state index in [2.05, 4.69) is 58.0 Å². The Balaban J connectivity index is 1.05. The second-order valence-electron chi connectivity index (χ2n) is 14.4. The molecular formula is C44H54N4O5. The van der Waals surface area contributed by atoms with Crippen LogP contribution in [0.15, 0.2) is 97.1 Å². The molecule has 9 nitrogen and oxygen atoms in total. The summed E-state index contributed by atoms with van der Waals surface area (Å²) in [6, 6.07) is 31.8. The van der Waals surface area contributed by atoms with Crippen LogP contribution in [0.1, 0.15) is 98.9 Å². The number of benzene rings is 4. The number of aliphatic hydroxyl groups excluding tert-OH is 1. The Kier molecular flexibility index (Phi) is 14.1. The predicted octanol–water partition coefficient (Wildman–Crippen LogP) is 8.05. The van der Waals surface area contributed by atoms with Gasteiger partial charge < -0.3 is 35.8 Å². The number of carbonyl (C=O) groups is 2. The summed E-state index contributed by atoms with van der Waals surface area (Å²) in [6.45, 7) is 3.54. The lowest BCUT2D eigenvalue weighted by atomic mass is 9.98. The van der Waals surface area contributed by atoms with Crippen LogP contribution in [0.2, 0.25) is 0 Å². The van der Waals surface area contributed by atoms with E-state index < -0.39 is 6.29 Å². The average Bonchev–Trinajstić information content (AvgIpc) is 3.18. The monoisotopic (exact) mass is 718 g/mol. The van der Waals surface area contributed by atoms with Gasteiger partial charge in [-0.15, -0.1) is 0 Å². The first kappa shape index (κ1) is 38.2. The van der Waals surface area contributed by atoms with Crippen LogP contribution in [0.25, 0.3) is 11.1 Å². The van der Waals surface area contributed by atoms with Crippen LogP contribution < -0.4 is 16.4 Å². The topological polar surface area (TPSA) is 126 Å². The van der Waals surface area contributed by atoms with Gasteiger partial charge in [0.05, 0.1) is 30.2 Å². The molecule has 2 amide bonds. The zero-order chi connectivity index (χ0) is 36.8. The molecule has 9 heteroatoms. The quantitative estimate of drug-likeness (QED) is 0.0768. The van der Waals surface area contributed by atoms with Crippen LogP contribution >= 0.6 is 0 Å². The number of nitrogens with one attached hydrogen (secondary N) is 2. The maximum absolute atomic E-state index is 12.6. The Labute approximate surface area is 313 Å². The van der Waals surface area contributed by atoms with Crippen molar-refractivity contribution in [3.05, 3.63) is 119 Å². The Morgan fingerprint density at radius 2 is 1.43 bits per heavy atom. The van der Waals surface area contributed by atoms with E-state index >= 15 is 0 Å². The molecule has 2 saturated heterocycles. The van der Waals surface area contributed by atoms with Gasteiger partial charge in [-0.25, -0.2) is 0 Å². The van der Waals surface area contributed by atoms with E-state index in [1.54, 1.807) is 12.1 Å². The number of rotatable bonds is 14. The lowest BCUT2D eigenvalue weighted by Crippen LogP contribution is -2.40. The van der Waals surface area contributed by atoms with Gasteiger partial charge >= 0.3 is 0 Å². The minimum absolute atomic E-state index is 0.0173. The first-order valence-corrected chi connectivity index (χ1v) is 19.3. The van der Waals surface area contributed by atoms with E-state index in [1.807, 2.05) is 42.5 Å². The van der Waals surface area contributed by atoms with Crippen LogP contribution in [0, 0.1) is 0 Å². The number of ether oxygens (including phenoxy) is 2. The summed E-state index contributed by atoms with van der Waals surface area (Å²) in [5.41, 5.74) is 13.1. The molecule has 2 aliphatic heterocycles. The molecule has 53 heavy (non-hydrogen) atoms. The molecule has 3 atom stereocenters. The summed E-state index contributed by atoms with van der Waals surface area (Å²) in [5.74, 6) is -0.148. The van der Waals surface area contributed by atoms with E-state index in [1.165, 1.54) is 32.1 Å². The lowest BCUT2D eigenvalue weighted by Gasteiger charge is -2.39. The van der Waals surface area contributed by atoms with E-state index in [0.717, 1.165) is 59.4 Å². The molecule has 280 valence electrons. The number of aliphatic hydroxyl groups is 1. The Morgan fingerprint density at radius 3 is 2.19 bits per heavy atom. The molecule has 0 aliphatic carbocycles. The van der Waals surface area contributed by atoms with Crippen LogP contribution in [0.5, 0.6) is 0 Å². The maximum atomic E-state index is 12.6. The molecule has 4 aromatic carbocycles. The van der Waals surface area contributed by atoms with Gasteiger partial charge in [-0.05, 0) is 90.9 Å².